The highest BCUT2D eigenvalue weighted by atomic mass is 35.5. The van der Waals surface area contributed by atoms with E-state index in [0.717, 1.165) is 21.3 Å². The van der Waals surface area contributed by atoms with Gasteiger partial charge in [0.05, 0.1) is 23.0 Å². The molecule has 2 aromatic carbocycles. The normalized spacial score (nSPS) is 11.0. The van der Waals surface area contributed by atoms with Crippen molar-refractivity contribution in [3.05, 3.63) is 82.8 Å². The lowest BCUT2D eigenvalue weighted by atomic mass is 10.2. The van der Waals surface area contributed by atoms with E-state index < -0.39 is 0 Å². The second-order valence-electron chi connectivity index (χ2n) is 5.87. The second kappa shape index (κ2) is 6.94. The molecule has 0 spiro atoms. The number of carbonyl (C=O) groups is 1. The number of nitrogens with zero attached hydrogens (tertiary/aromatic N) is 2. The van der Waals surface area contributed by atoms with E-state index in [2.05, 4.69) is 0 Å². The molecule has 26 heavy (non-hydrogen) atoms. The summed E-state index contributed by atoms with van der Waals surface area (Å²) < 4.78 is 6.31. The second-order valence-corrected chi connectivity index (χ2v) is 7.29. The van der Waals surface area contributed by atoms with Gasteiger partial charge in [0.2, 0.25) is 0 Å². The molecule has 4 rings (SSSR count). The van der Waals surface area contributed by atoms with Crippen molar-refractivity contribution in [1.82, 2.24) is 4.98 Å². The Morgan fingerprint density at radius 1 is 1.15 bits per heavy atom. The molecule has 2 aromatic heterocycles. The number of fused-ring (bicyclic) bond motifs is 1. The molecule has 0 atom stereocenters. The van der Waals surface area contributed by atoms with E-state index in [9.17, 15) is 4.79 Å². The van der Waals surface area contributed by atoms with E-state index in [-0.39, 0.29) is 11.7 Å². The lowest BCUT2D eigenvalue weighted by Crippen LogP contribution is -2.30. The van der Waals surface area contributed by atoms with Gasteiger partial charge in [-0.1, -0.05) is 53.3 Å². The third-order valence-corrected chi connectivity index (χ3v) is 5.58. The fourth-order valence-corrected chi connectivity index (χ4v) is 3.91. The van der Waals surface area contributed by atoms with Crippen LogP contribution < -0.4 is 4.90 Å². The Hall–Kier alpha value is -2.63. The summed E-state index contributed by atoms with van der Waals surface area (Å²) in [5.74, 6) is 0.0663. The average Bonchev–Trinajstić information content (AvgIpc) is 3.33. The van der Waals surface area contributed by atoms with Gasteiger partial charge in [0.15, 0.2) is 10.9 Å². The molecule has 4 nitrogen and oxygen atoms in total. The maximum absolute atomic E-state index is 13.0. The van der Waals surface area contributed by atoms with Crippen molar-refractivity contribution >= 4 is 44.2 Å². The van der Waals surface area contributed by atoms with Gasteiger partial charge < -0.3 is 4.42 Å². The third-order valence-electron chi connectivity index (χ3n) is 4.13. The highest BCUT2D eigenvalue weighted by molar-refractivity contribution is 7.22. The molecule has 0 unspecified atom stereocenters. The number of halogens is 1. The molecular weight excluding hydrogens is 368 g/mol. The average molecular weight is 383 g/mol. The molecule has 6 heteroatoms. The van der Waals surface area contributed by atoms with Crippen LogP contribution in [0.15, 0.2) is 65.3 Å². The van der Waals surface area contributed by atoms with Crippen LogP contribution in [0.4, 0.5) is 5.13 Å². The molecule has 0 radical (unpaired) electrons. The molecule has 0 saturated carbocycles. The van der Waals surface area contributed by atoms with Crippen LogP contribution in [0.25, 0.3) is 10.2 Å². The van der Waals surface area contributed by atoms with E-state index >= 15 is 0 Å². The van der Waals surface area contributed by atoms with Gasteiger partial charge in [-0.2, -0.15) is 0 Å². The first-order valence-corrected chi connectivity index (χ1v) is 9.28. The van der Waals surface area contributed by atoms with Crippen molar-refractivity contribution in [2.45, 2.75) is 13.5 Å². The first-order chi connectivity index (χ1) is 12.6. The van der Waals surface area contributed by atoms with Crippen LogP contribution in [0, 0.1) is 6.92 Å². The number of carbonyl (C=O) groups excluding carboxylic acids is 1. The number of hydrogen-bond donors (Lipinski definition) is 0. The summed E-state index contributed by atoms with van der Waals surface area (Å²) in [4.78, 5) is 19.4. The molecule has 130 valence electrons. The van der Waals surface area contributed by atoms with Gasteiger partial charge in [0, 0.05) is 5.02 Å². The Labute approximate surface area is 159 Å². The smallest absolute Gasteiger partial charge is 0.296 e. The van der Waals surface area contributed by atoms with Crippen LogP contribution in [-0.2, 0) is 6.54 Å². The van der Waals surface area contributed by atoms with Crippen molar-refractivity contribution in [3.8, 4) is 0 Å². The number of amides is 1. The topological polar surface area (TPSA) is 46.3 Å². The number of aryl methyl sites for hydroxylation is 1. The predicted molar refractivity (Wildman–Crippen MR) is 105 cm³/mol. The molecule has 0 saturated heterocycles. The van der Waals surface area contributed by atoms with Crippen molar-refractivity contribution in [3.63, 3.8) is 0 Å². The summed E-state index contributed by atoms with van der Waals surface area (Å²) in [6.45, 7) is 2.34. The van der Waals surface area contributed by atoms with Gasteiger partial charge in [0.25, 0.3) is 5.91 Å². The van der Waals surface area contributed by atoms with Gasteiger partial charge in [-0.25, -0.2) is 4.98 Å². The molecule has 1 amide bonds. The number of benzene rings is 2. The minimum atomic E-state index is -0.221. The number of hydrogen-bond acceptors (Lipinski definition) is 4. The van der Waals surface area contributed by atoms with E-state index in [1.807, 2.05) is 49.4 Å². The molecule has 0 bridgehead atoms. The van der Waals surface area contributed by atoms with E-state index in [1.54, 1.807) is 17.0 Å². The molecule has 0 aliphatic carbocycles. The predicted octanol–water partition coefficient (Wildman–Crippen LogP) is 5.70. The number of aromatic nitrogens is 1. The Morgan fingerprint density at radius 3 is 2.69 bits per heavy atom. The van der Waals surface area contributed by atoms with Gasteiger partial charge >= 0.3 is 0 Å². The van der Waals surface area contributed by atoms with Gasteiger partial charge in [-0.15, -0.1) is 0 Å². The summed E-state index contributed by atoms with van der Waals surface area (Å²) in [6.07, 6.45) is 1.50. The van der Waals surface area contributed by atoms with Crippen LogP contribution >= 0.6 is 22.9 Å². The fraction of sp³-hybridized carbons (Fsp3) is 0.100. The maximum atomic E-state index is 13.0. The fourth-order valence-electron chi connectivity index (χ4n) is 2.73. The van der Waals surface area contributed by atoms with Crippen LogP contribution in [0.3, 0.4) is 0 Å². The molecule has 0 aliphatic rings. The number of thiazole rings is 1. The van der Waals surface area contributed by atoms with E-state index in [1.165, 1.54) is 17.6 Å². The van der Waals surface area contributed by atoms with E-state index in [4.69, 9.17) is 21.0 Å². The largest absolute Gasteiger partial charge is 0.459 e. The highest BCUT2D eigenvalue weighted by Gasteiger charge is 2.24. The Kier molecular flexibility index (Phi) is 4.49. The zero-order chi connectivity index (χ0) is 18.1. The van der Waals surface area contributed by atoms with Crippen molar-refractivity contribution in [1.29, 1.82) is 0 Å². The summed E-state index contributed by atoms with van der Waals surface area (Å²) in [7, 11) is 0. The van der Waals surface area contributed by atoms with Crippen LogP contribution in [-0.4, -0.2) is 10.9 Å². The van der Waals surface area contributed by atoms with Crippen LogP contribution in [0.5, 0.6) is 0 Å². The van der Waals surface area contributed by atoms with Gasteiger partial charge in [-0.05, 0) is 42.3 Å². The minimum absolute atomic E-state index is 0.221. The van der Waals surface area contributed by atoms with Crippen LogP contribution in [0.1, 0.15) is 21.7 Å². The SMILES string of the molecule is Cc1c(Cl)ccc2sc(N(Cc3ccccc3)C(=O)c3ccco3)nc12. The number of rotatable bonds is 4. The lowest BCUT2D eigenvalue weighted by molar-refractivity contribution is 0.0958. The highest BCUT2D eigenvalue weighted by Crippen LogP contribution is 2.34. The molecular formula is C20H15ClN2O2S. The van der Waals surface area contributed by atoms with Crippen molar-refractivity contribution in [2.75, 3.05) is 4.90 Å². The van der Waals surface area contributed by atoms with Crippen LogP contribution in [0.2, 0.25) is 5.02 Å². The van der Waals surface area contributed by atoms with E-state index in [0.29, 0.717) is 16.7 Å². The molecule has 2 heterocycles. The summed E-state index contributed by atoms with van der Waals surface area (Å²) >= 11 is 7.69. The van der Waals surface area contributed by atoms with Crippen molar-refractivity contribution < 1.29 is 9.21 Å². The number of anilines is 1. The first kappa shape index (κ1) is 16.8. The van der Waals surface area contributed by atoms with Gasteiger partial charge in [0.1, 0.15) is 0 Å². The molecule has 0 N–H and O–H groups in total. The summed E-state index contributed by atoms with van der Waals surface area (Å²) in [5.41, 5.74) is 2.75. The third kappa shape index (κ3) is 3.11. The number of furan rings is 1. The zero-order valence-corrected chi connectivity index (χ0v) is 15.6. The summed E-state index contributed by atoms with van der Waals surface area (Å²) in [5, 5.41) is 1.29. The zero-order valence-electron chi connectivity index (χ0n) is 14.0. The Morgan fingerprint density at radius 2 is 1.96 bits per heavy atom. The lowest BCUT2D eigenvalue weighted by Gasteiger charge is -2.18. The maximum Gasteiger partial charge on any atom is 0.296 e. The first-order valence-electron chi connectivity index (χ1n) is 8.08. The monoisotopic (exact) mass is 382 g/mol. The quantitative estimate of drug-likeness (QED) is 0.455. The minimum Gasteiger partial charge on any atom is -0.459 e. The Balaban J connectivity index is 1.79. The molecule has 4 aromatic rings. The van der Waals surface area contributed by atoms with Gasteiger partial charge in [-0.3, -0.25) is 9.69 Å². The van der Waals surface area contributed by atoms with Crippen molar-refractivity contribution in [2.24, 2.45) is 0 Å². The Bertz CT molecular complexity index is 1060. The molecule has 0 fully saturated rings. The molecule has 0 aliphatic heterocycles. The standard InChI is InChI=1S/C20H15ClN2O2S/c1-13-15(21)9-10-17-18(13)22-20(26-17)23(12-14-6-3-2-4-7-14)19(24)16-8-5-11-25-16/h2-11H,12H2,1H3. The summed E-state index contributed by atoms with van der Waals surface area (Å²) in [6, 6.07) is 17.0.